The van der Waals surface area contributed by atoms with E-state index in [9.17, 15) is 0 Å². The fourth-order valence-corrected chi connectivity index (χ4v) is 7.16. The van der Waals surface area contributed by atoms with Crippen LogP contribution in [0.3, 0.4) is 0 Å². The van der Waals surface area contributed by atoms with Crippen LogP contribution in [0.2, 0.25) is 0 Å². The Morgan fingerprint density at radius 2 is 1.09 bits per heavy atom. The third-order valence-electron chi connectivity index (χ3n) is 9.22. The van der Waals surface area contributed by atoms with Crippen LogP contribution in [0, 0.1) is 0 Å². The highest BCUT2D eigenvalue weighted by Gasteiger charge is 2.20. The summed E-state index contributed by atoms with van der Waals surface area (Å²) in [6.45, 7) is 0. The molecule has 0 saturated carbocycles. The Balaban J connectivity index is 1.26. The van der Waals surface area contributed by atoms with Gasteiger partial charge in [-0.15, -0.1) is 0 Å². The van der Waals surface area contributed by atoms with Crippen molar-refractivity contribution in [3.63, 3.8) is 0 Å². The molecule has 0 radical (unpaired) electrons. The molecule has 0 amide bonds. The number of nitrogens with zero attached hydrogens (tertiary/aromatic N) is 5. The lowest BCUT2D eigenvalue weighted by molar-refractivity contribution is 1.01. The van der Waals surface area contributed by atoms with Gasteiger partial charge in [-0.1, -0.05) is 109 Å². The standard InChI is InChI=1S/C41H25N5/c1-3-11-26(12-4-1)39-32-15-7-9-17-34(32)43-41(44-39)46-35-18-10-8-16-33(35)38-30-19-20-31-29(28(30)21-23-36(38)46)22-24-37-40(31)42-25-45(37)27-13-5-2-6-14-27/h1-25H. The molecule has 0 bridgehead atoms. The van der Waals surface area contributed by atoms with Gasteiger partial charge in [0.15, 0.2) is 0 Å². The molecular formula is C41H25N5. The first-order valence-corrected chi connectivity index (χ1v) is 15.5. The summed E-state index contributed by atoms with van der Waals surface area (Å²) in [5, 5.41) is 8.15. The summed E-state index contributed by atoms with van der Waals surface area (Å²) >= 11 is 0. The Kier molecular flexibility index (Phi) is 5.22. The predicted octanol–water partition coefficient (Wildman–Crippen LogP) is 10.0. The van der Waals surface area contributed by atoms with E-state index in [0.29, 0.717) is 5.95 Å². The first-order valence-electron chi connectivity index (χ1n) is 15.5. The molecule has 10 rings (SSSR count). The molecule has 5 nitrogen and oxygen atoms in total. The van der Waals surface area contributed by atoms with Crippen molar-refractivity contribution in [2.75, 3.05) is 0 Å². The Morgan fingerprint density at radius 1 is 0.435 bits per heavy atom. The van der Waals surface area contributed by atoms with E-state index < -0.39 is 0 Å². The Bertz CT molecular complexity index is 2790. The van der Waals surface area contributed by atoms with E-state index in [1.807, 2.05) is 24.5 Å². The van der Waals surface area contributed by atoms with E-state index in [4.69, 9.17) is 15.0 Å². The Labute approximate surface area is 263 Å². The van der Waals surface area contributed by atoms with Gasteiger partial charge in [0.2, 0.25) is 5.95 Å². The highest BCUT2D eigenvalue weighted by molar-refractivity contribution is 6.27. The zero-order valence-electron chi connectivity index (χ0n) is 24.7. The molecule has 0 atom stereocenters. The van der Waals surface area contributed by atoms with E-state index in [1.165, 1.54) is 26.9 Å². The SMILES string of the molecule is c1ccc(-c2nc(-n3c4ccccc4c4c5ccc6c(ccc7c6ncn7-c6ccccc6)c5ccc43)nc3ccccc23)cc1. The molecule has 5 heteroatoms. The molecular weight excluding hydrogens is 562 g/mol. The summed E-state index contributed by atoms with van der Waals surface area (Å²) < 4.78 is 4.38. The van der Waals surface area contributed by atoms with Gasteiger partial charge in [0.05, 0.1) is 33.3 Å². The van der Waals surface area contributed by atoms with Crippen LogP contribution in [0.1, 0.15) is 0 Å². The zero-order valence-corrected chi connectivity index (χ0v) is 24.7. The summed E-state index contributed by atoms with van der Waals surface area (Å²) in [5.74, 6) is 0.664. The van der Waals surface area contributed by atoms with Crippen LogP contribution in [-0.4, -0.2) is 24.1 Å². The topological polar surface area (TPSA) is 48.5 Å². The molecule has 0 saturated heterocycles. The molecule has 0 spiro atoms. The maximum absolute atomic E-state index is 5.25. The second-order valence-corrected chi connectivity index (χ2v) is 11.7. The van der Waals surface area contributed by atoms with Gasteiger partial charge in [-0.25, -0.2) is 15.0 Å². The summed E-state index contributed by atoms with van der Waals surface area (Å²) in [7, 11) is 0. The summed E-state index contributed by atoms with van der Waals surface area (Å²) in [6.07, 6.45) is 1.92. The maximum Gasteiger partial charge on any atom is 0.235 e. The molecule has 214 valence electrons. The molecule has 3 heterocycles. The zero-order chi connectivity index (χ0) is 30.2. The molecule has 0 fully saturated rings. The van der Waals surface area contributed by atoms with Crippen LogP contribution in [0.5, 0.6) is 0 Å². The molecule has 0 aliphatic carbocycles. The van der Waals surface area contributed by atoms with Gasteiger partial charge in [0.1, 0.15) is 6.33 Å². The lowest BCUT2D eigenvalue weighted by Crippen LogP contribution is -2.03. The van der Waals surface area contributed by atoms with Gasteiger partial charge in [0, 0.05) is 32.8 Å². The molecule has 3 aromatic heterocycles. The van der Waals surface area contributed by atoms with E-state index in [0.717, 1.165) is 55.3 Å². The smallest absolute Gasteiger partial charge is 0.235 e. The normalized spacial score (nSPS) is 11.9. The van der Waals surface area contributed by atoms with Crippen LogP contribution in [0.4, 0.5) is 0 Å². The lowest BCUT2D eigenvalue weighted by Gasteiger charge is -2.12. The van der Waals surface area contributed by atoms with Crippen molar-refractivity contribution in [3.05, 3.63) is 152 Å². The largest absolute Gasteiger partial charge is 0.299 e. The number of hydrogen-bond acceptors (Lipinski definition) is 3. The van der Waals surface area contributed by atoms with Gasteiger partial charge in [-0.05, 0) is 52.6 Å². The Morgan fingerprint density at radius 3 is 1.93 bits per heavy atom. The molecule has 0 unspecified atom stereocenters. The summed E-state index contributed by atoms with van der Waals surface area (Å²) in [6, 6.07) is 51.0. The minimum Gasteiger partial charge on any atom is -0.299 e. The van der Waals surface area contributed by atoms with Crippen molar-refractivity contribution < 1.29 is 0 Å². The van der Waals surface area contributed by atoms with E-state index in [-0.39, 0.29) is 0 Å². The third kappa shape index (κ3) is 3.54. The van der Waals surface area contributed by atoms with Crippen molar-refractivity contribution in [2.45, 2.75) is 0 Å². The molecule has 0 N–H and O–H groups in total. The summed E-state index contributed by atoms with van der Waals surface area (Å²) in [4.78, 5) is 15.3. The molecule has 7 aromatic carbocycles. The average Bonchev–Trinajstić information content (AvgIpc) is 3.72. The summed E-state index contributed by atoms with van der Waals surface area (Å²) in [5.41, 5.74) is 8.28. The second-order valence-electron chi connectivity index (χ2n) is 11.7. The number of aromatic nitrogens is 5. The fraction of sp³-hybridized carbons (Fsp3) is 0. The molecule has 10 aromatic rings. The molecule has 0 aliphatic heterocycles. The predicted molar refractivity (Wildman–Crippen MR) is 189 cm³/mol. The minimum atomic E-state index is 0.664. The highest BCUT2D eigenvalue weighted by Crippen LogP contribution is 2.40. The van der Waals surface area contributed by atoms with E-state index >= 15 is 0 Å². The number of benzene rings is 7. The third-order valence-corrected chi connectivity index (χ3v) is 9.22. The van der Waals surface area contributed by atoms with Crippen LogP contribution in [0.15, 0.2) is 152 Å². The van der Waals surface area contributed by atoms with Gasteiger partial charge in [-0.3, -0.25) is 9.13 Å². The number of hydrogen-bond donors (Lipinski definition) is 0. The van der Waals surface area contributed by atoms with Crippen LogP contribution in [-0.2, 0) is 0 Å². The van der Waals surface area contributed by atoms with Gasteiger partial charge in [0.25, 0.3) is 0 Å². The number of fused-ring (bicyclic) bond motifs is 10. The van der Waals surface area contributed by atoms with Crippen molar-refractivity contribution in [3.8, 4) is 22.9 Å². The van der Waals surface area contributed by atoms with Crippen molar-refractivity contribution in [1.82, 2.24) is 24.1 Å². The van der Waals surface area contributed by atoms with Gasteiger partial charge < -0.3 is 0 Å². The van der Waals surface area contributed by atoms with E-state index in [2.05, 4.69) is 137 Å². The fourth-order valence-electron chi connectivity index (χ4n) is 7.16. The van der Waals surface area contributed by atoms with Crippen molar-refractivity contribution >= 4 is 65.3 Å². The second kappa shape index (κ2) is 9.58. The monoisotopic (exact) mass is 587 g/mol. The van der Waals surface area contributed by atoms with Crippen molar-refractivity contribution in [2.24, 2.45) is 0 Å². The Hall–Kier alpha value is -6.33. The van der Waals surface area contributed by atoms with Gasteiger partial charge in [-0.2, -0.15) is 0 Å². The van der Waals surface area contributed by atoms with Crippen LogP contribution >= 0.6 is 0 Å². The minimum absolute atomic E-state index is 0.664. The molecule has 46 heavy (non-hydrogen) atoms. The number of imidazole rings is 1. The maximum atomic E-state index is 5.25. The highest BCUT2D eigenvalue weighted by atomic mass is 15.2. The van der Waals surface area contributed by atoms with E-state index in [1.54, 1.807) is 0 Å². The number of para-hydroxylation sites is 3. The van der Waals surface area contributed by atoms with Crippen molar-refractivity contribution in [1.29, 1.82) is 0 Å². The lowest BCUT2D eigenvalue weighted by atomic mass is 9.97. The first kappa shape index (κ1) is 25.0. The quantitative estimate of drug-likeness (QED) is 0.193. The van der Waals surface area contributed by atoms with Gasteiger partial charge >= 0.3 is 0 Å². The number of rotatable bonds is 3. The first-order chi connectivity index (χ1) is 22.8. The van der Waals surface area contributed by atoms with Crippen LogP contribution < -0.4 is 0 Å². The molecule has 0 aliphatic rings. The average molecular weight is 588 g/mol. The van der Waals surface area contributed by atoms with Crippen LogP contribution in [0.25, 0.3) is 88.2 Å².